The van der Waals surface area contributed by atoms with Crippen LogP contribution in [0.3, 0.4) is 0 Å². The summed E-state index contributed by atoms with van der Waals surface area (Å²) in [5.41, 5.74) is 3.12. The summed E-state index contributed by atoms with van der Waals surface area (Å²) < 4.78 is 40.5. The number of alkyl halides is 3. The molecule has 0 fully saturated rings. The highest BCUT2D eigenvalue weighted by Gasteiger charge is 2.27. The van der Waals surface area contributed by atoms with Gasteiger partial charge in [0, 0.05) is 30.8 Å². The second-order valence-corrected chi connectivity index (χ2v) is 4.78. The number of nitrogens with zero attached hydrogens (tertiary/aromatic N) is 2. The van der Waals surface area contributed by atoms with Crippen molar-refractivity contribution in [2.75, 3.05) is 13.2 Å². The van der Waals surface area contributed by atoms with Gasteiger partial charge in [-0.2, -0.15) is 13.2 Å². The van der Waals surface area contributed by atoms with E-state index in [9.17, 15) is 13.2 Å². The molecule has 0 amide bonds. The van der Waals surface area contributed by atoms with Crippen molar-refractivity contribution in [2.24, 2.45) is 0 Å². The molecule has 112 valence electrons. The first kappa shape index (κ1) is 15.2. The van der Waals surface area contributed by atoms with Crippen LogP contribution in [0.25, 0.3) is 0 Å². The maximum Gasteiger partial charge on any atom is 0.411 e. The van der Waals surface area contributed by atoms with Gasteiger partial charge in [0.25, 0.3) is 0 Å². The van der Waals surface area contributed by atoms with E-state index in [1.165, 1.54) is 0 Å². The number of fused-ring (bicyclic) bond motifs is 1. The topological polar surface area (TPSA) is 47.0 Å². The molecule has 0 spiro atoms. The predicted molar refractivity (Wildman–Crippen MR) is 67.1 cm³/mol. The number of aryl methyl sites for hydroxylation is 1. The van der Waals surface area contributed by atoms with Crippen molar-refractivity contribution in [2.45, 2.75) is 45.5 Å². The predicted octanol–water partition coefficient (Wildman–Crippen LogP) is 2.15. The van der Waals surface area contributed by atoms with Crippen molar-refractivity contribution in [3.05, 3.63) is 22.8 Å². The van der Waals surface area contributed by atoms with E-state index in [1.807, 2.05) is 0 Å². The van der Waals surface area contributed by atoms with Crippen molar-refractivity contribution in [1.29, 1.82) is 0 Å². The van der Waals surface area contributed by atoms with Crippen LogP contribution < -0.4 is 5.32 Å². The van der Waals surface area contributed by atoms with Crippen molar-refractivity contribution >= 4 is 0 Å². The van der Waals surface area contributed by atoms with Gasteiger partial charge in [0.15, 0.2) is 0 Å². The van der Waals surface area contributed by atoms with Crippen molar-refractivity contribution in [3.8, 4) is 0 Å². The molecule has 1 aliphatic rings. The molecule has 0 aromatic carbocycles. The second kappa shape index (κ2) is 6.49. The Morgan fingerprint density at radius 2 is 2.00 bits per heavy atom. The molecule has 2 rings (SSSR count). The van der Waals surface area contributed by atoms with Gasteiger partial charge in [-0.1, -0.05) is 13.3 Å². The Balaban J connectivity index is 1.96. The first-order chi connectivity index (χ1) is 9.49. The maximum atomic E-state index is 12.0. The molecule has 1 N–H and O–H groups in total. The van der Waals surface area contributed by atoms with Crippen LogP contribution in [0.15, 0.2) is 0 Å². The van der Waals surface area contributed by atoms with Gasteiger partial charge in [-0.05, 0) is 6.42 Å². The maximum absolute atomic E-state index is 12.0. The Labute approximate surface area is 115 Å². The first-order valence-electron chi connectivity index (χ1n) is 6.72. The minimum atomic E-state index is -4.28. The molecule has 4 nitrogen and oxygen atoms in total. The SMILES string of the molecule is CCCc1nc(CCOCC(F)(F)F)nc2c1CNC2. The van der Waals surface area contributed by atoms with Crippen LogP contribution in [0.4, 0.5) is 13.2 Å². The molecule has 0 saturated heterocycles. The summed E-state index contributed by atoms with van der Waals surface area (Å²) in [6, 6.07) is 0. The fourth-order valence-corrected chi connectivity index (χ4v) is 2.20. The summed E-state index contributed by atoms with van der Waals surface area (Å²) in [5, 5.41) is 3.22. The zero-order valence-electron chi connectivity index (χ0n) is 11.4. The summed E-state index contributed by atoms with van der Waals surface area (Å²) in [6.07, 6.45) is -2.13. The molecule has 0 aliphatic carbocycles. The van der Waals surface area contributed by atoms with Crippen LogP contribution in [-0.4, -0.2) is 29.4 Å². The zero-order chi connectivity index (χ0) is 14.6. The number of nitrogens with one attached hydrogen (secondary N) is 1. The molecule has 7 heteroatoms. The van der Waals surface area contributed by atoms with E-state index in [2.05, 4.69) is 26.9 Å². The third-order valence-corrected chi connectivity index (χ3v) is 3.04. The highest BCUT2D eigenvalue weighted by Crippen LogP contribution is 2.19. The molecular formula is C13H18F3N3O. The summed E-state index contributed by atoms with van der Waals surface area (Å²) in [7, 11) is 0. The van der Waals surface area contributed by atoms with Crippen LogP contribution >= 0.6 is 0 Å². The van der Waals surface area contributed by atoms with Gasteiger partial charge in [-0.25, -0.2) is 9.97 Å². The zero-order valence-corrected chi connectivity index (χ0v) is 11.4. The monoisotopic (exact) mass is 289 g/mol. The minimum Gasteiger partial charge on any atom is -0.372 e. The van der Waals surface area contributed by atoms with Crippen LogP contribution in [0.1, 0.15) is 36.1 Å². The van der Waals surface area contributed by atoms with Gasteiger partial charge in [-0.15, -0.1) is 0 Å². The van der Waals surface area contributed by atoms with E-state index in [-0.39, 0.29) is 6.61 Å². The molecule has 0 radical (unpaired) electrons. The fraction of sp³-hybridized carbons (Fsp3) is 0.692. The lowest BCUT2D eigenvalue weighted by molar-refractivity contribution is -0.173. The number of aromatic nitrogens is 2. The molecule has 1 aromatic heterocycles. The average molecular weight is 289 g/mol. The molecule has 0 atom stereocenters. The van der Waals surface area contributed by atoms with E-state index in [0.29, 0.717) is 18.8 Å². The lowest BCUT2D eigenvalue weighted by Crippen LogP contribution is -2.18. The van der Waals surface area contributed by atoms with E-state index >= 15 is 0 Å². The number of halogens is 3. The number of hydrogen-bond donors (Lipinski definition) is 1. The molecule has 2 heterocycles. The molecule has 0 bridgehead atoms. The summed E-state index contributed by atoms with van der Waals surface area (Å²) in [4.78, 5) is 8.85. The second-order valence-electron chi connectivity index (χ2n) is 4.78. The highest BCUT2D eigenvalue weighted by molar-refractivity contribution is 5.29. The van der Waals surface area contributed by atoms with E-state index < -0.39 is 12.8 Å². The van der Waals surface area contributed by atoms with Gasteiger partial charge in [0.05, 0.1) is 12.3 Å². The van der Waals surface area contributed by atoms with Crippen LogP contribution in [0.2, 0.25) is 0 Å². The highest BCUT2D eigenvalue weighted by atomic mass is 19.4. The summed E-state index contributed by atoms with van der Waals surface area (Å²) in [6.45, 7) is 2.31. The van der Waals surface area contributed by atoms with Crippen LogP contribution in [-0.2, 0) is 30.7 Å². The van der Waals surface area contributed by atoms with E-state index in [1.54, 1.807) is 0 Å². The Bertz CT molecular complexity index is 463. The van der Waals surface area contributed by atoms with Gasteiger partial charge in [0.1, 0.15) is 12.4 Å². The Morgan fingerprint density at radius 1 is 1.20 bits per heavy atom. The van der Waals surface area contributed by atoms with Crippen molar-refractivity contribution in [1.82, 2.24) is 15.3 Å². The summed E-state index contributed by atoms with van der Waals surface area (Å²) >= 11 is 0. The van der Waals surface area contributed by atoms with Gasteiger partial charge < -0.3 is 10.1 Å². The summed E-state index contributed by atoms with van der Waals surface area (Å²) in [5.74, 6) is 0.568. The molecule has 1 aliphatic heterocycles. The largest absolute Gasteiger partial charge is 0.411 e. The number of rotatable bonds is 6. The Kier molecular flexibility index (Phi) is 4.93. The van der Waals surface area contributed by atoms with Gasteiger partial charge in [0.2, 0.25) is 0 Å². The average Bonchev–Trinajstić information content (AvgIpc) is 2.82. The third-order valence-electron chi connectivity index (χ3n) is 3.04. The standard InChI is InChI=1S/C13H18F3N3O/c1-2-3-10-9-6-17-7-11(9)19-12(18-10)4-5-20-8-13(14,15)16/h17H,2-8H2,1H3. The van der Waals surface area contributed by atoms with E-state index in [4.69, 9.17) is 0 Å². The molecule has 0 unspecified atom stereocenters. The lowest BCUT2D eigenvalue weighted by atomic mass is 10.1. The smallest absolute Gasteiger partial charge is 0.372 e. The molecule has 20 heavy (non-hydrogen) atoms. The molecule has 1 aromatic rings. The third kappa shape index (κ3) is 4.14. The number of hydrogen-bond acceptors (Lipinski definition) is 4. The molecule has 0 saturated carbocycles. The quantitative estimate of drug-likeness (QED) is 0.815. The lowest BCUT2D eigenvalue weighted by Gasteiger charge is -2.10. The van der Waals surface area contributed by atoms with Crippen molar-refractivity contribution < 1.29 is 17.9 Å². The van der Waals surface area contributed by atoms with E-state index in [0.717, 1.165) is 36.3 Å². The van der Waals surface area contributed by atoms with Crippen molar-refractivity contribution in [3.63, 3.8) is 0 Å². The Hall–Kier alpha value is -1.21. The van der Waals surface area contributed by atoms with Crippen LogP contribution in [0.5, 0.6) is 0 Å². The van der Waals surface area contributed by atoms with Gasteiger partial charge >= 0.3 is 6.18 Å². The molecular weight excluding hydrogens is 271 g/mol. The van der Waals surface area contributed by atoms with Gasteiger partial charge in [-0.3, -0.25) is 0 Å². The fourth-order valence-electron chi connectivity index (χ4n) is 2.20. The number of ether oxygens (including phenoxy) is 1. The normalized spacial score (nSPS) is 14.6. The Morgan fingerprint density at radius 3 is 2.70 bits per heavy atom. The minimum absolute atomic E-state index is 0.0166. The first-order valence-corrected chi connectivity index (χ1v) is 6.72. The van der Waals surface area contributed by atoms with Crippen LogP contribution in [0, 0.1) is 0 Å².